The molecule has 0 aromatic heterocycles. The Balaban J connectivity index is 0.00000417. The Kier molecular flexibility index (Phi) is 15.1. The number of alkyl carbamates (subject to hydrolysis) is 1. The zero-order chi connectivity index (χ0) is 35.4. The van der Waals surface area contributed by atoms with Crippen LogP contribution in [0.5, 0.6) is 0 Å². The molecule has 4 rings (SSSR count). The van der Waals surface area contributed by atoms with Crippen LogP contribution in [-0.2, 0) is 33.3 Å². The van der Waals surface area contributed by atoms with Crippen LogP contribution in [-0.4, -0.2) is 116 Å². The number of nitrogens with one attached hydrogen (secondary N) is 1. The van der Waals surface area contributed by atoms with Crippen LogP contribution in [0, 0.1) is 123 Å². The third-order valence-corrected chi connectivity index (χ3v) is 11.0. The number of hydrogen-bond donors (Lipinski definition) is 6. The van der Waals surface area contributed by atoms with E-state index in [9.17, 15) is 44.7 Å². The molecule has 16 heteroatoms. The van der Waals surface area contributed by atoms with Crippen LogP contribution >= 0.6 is 0 Å². The van der Waals surface area contributed by atoms with Crippen molar-refractivity contribution in [2.45, 2.75) is 122 Å². The van der Waals surface area contributed by atoms with Gasteiger partial charge in [-0.05, 0) is 30.9 Å². The van der Waals surface area contributed by atoms with E-state index in [0.29, 0.717) is 0 Å². The van der Waals surface area contributed by atoms with Crippen molar-refractivity contribution in [2.75, 3.05) is 13.2 Å². The van der Waals surface area contributed by atoms with Gasteiger partial charge in [0.05, 0.1) is 30.3 Å². The number of esters is 2. The molecule has 0 spiro atoms. The second-order valence-electron chi connectivity index (χ2n) is 14.3. The van der Waals surface area contributed by atoms with E-state index in [1.807, 2.05) is 0 Å². The number of aliphatic hydroxyl groups is 5. The van der Waals surface area contributed by atoms with Crippen molar-refractivity contribution in [1.29, 1.82) is 0 Å². The predicted molar refractivity (Wildman–Crippen MR) is 162 cm³/mol. The first-order valence-corrected chi connectivity index (χ1v) is 15.8. The van der Waals surface area contributed by atoms with Crippen LogP contribution in [0.2, 0.25) is 0 Å². The maximum atomic E-state index is 14.3. The molecule has 1 amide bonds. The number of carbonyl (C=O) groups excluding carboxylic acids is 4. The van der Waals surface area contributed by atoms with Gasteiger partial charge in [-0.2, -0.15) is 0 Å². The fourth-order valence-corrected chi connectivity index (χ4v) is 8.14. The molecule has 268 valence electrons. The summed E-state index contributed by atoms with van der Waals surface area (Å²) in [5, 5.41) is 61.3. The third-order valence-electron chi connectivity index (χ3n) is 11.0. The number of terminal acetylenes is 1. The SMILES string of the molecule is C#CCCOC(=O)N[C@@H](C(C)C)[C@@H](O)C(=O)OC1C[C@@]2(O)[C@@H](OC(C)=O)[C@@H]3[C@]4(O)CO[C@@H]4C[C@H](O)[C@@]3(C)C(=O)[C@H](O)C(=C1C)C2(C)C.[Ac].[Ac]. The molecule has 1 heterocycles. The first-order chi connectivity index (χ1) is 21.7. The van der Waals surface area contributed by atoms with Gasteiger partial charge in [0.15, 0.2) is 11.9 Å². The fraction of sp³-hybridized carbons (Fsp3) is 0.758. The van der Waals surface area contributed by atoms with Gasteiger partial charge in [0.25, 0.3) is 0 Å². The van der Waals surface area contributed by atoms with Crippen molar-refractivity contribution >= 4 is 23.8 Å². The summed E-state index contributed by atoms with van der Waals surface area (Å²) in [5.74, 6) is -2.55. The molecule has 3 fully saturated rings. The maximum Gasteiger partial charge on any atom is 0.407 e. The van der Waals surface area contributed by atoms with Crippen molar-refractivity contribution in [3.05, 3.63) is 11.1 Å². The van der Waals surface area contributed by atoms with Gasteiger partial charge in [0.2, 0.25) is 0 Å². The van der Waals surface area contributed by atoms with Crippen molar-refractivity contribution in [3.63, 3.8) is 0 Å². The molecule has 2 radical (unpaired) electrons. The third kappa shape index (κ3) is 7.62. The summed E-state index contributed by atoms with van der Waals surface area (Å²) in [4.78, 5) is 52.7. The number of rotatable bonds is 8. The van der Waals surface area contributed by atoms with Gasteiger partial charge >= 0.3 is 18.0 Å². The van der Waals surface area contributed by atoms with Gasteiger partial charge in [-0.1, -0.05) is 27.7 Å². The average molecular weight is 1120 g/mol. The molecule has 11 atom stereocenters. The van der Waals surface area contributed by atoms with Crippen LogP contribution in [0.1, 0.15) is 67.7 Å². The van der Waals surface area contributed by atoms with Gasteiger partial charge in [-0.15, -0.1) is 12.3 Å². The van der Waals surface area contributed by atoms with Crippen molar-refractivity contribution in [3.8, 4) is 12.3 Å². The van der Waals surface area contributed by atoms with Crippen LogP contribution < -0.4 is 5.32 Å². The standard InChI is InChI=1S/C33H47NO13.2Ac/c1-9-10-11-44-29(41)34-22(15(2)3)24(38)28(40)47-18-13-33(43)27(46-17(5)35)25-31(8,19(36)12-20-32(25,42)14-45-20)26(39)23(37)21(16(18)4)30(33,6)7;;/h1,15,18-20,22-25,27,36-38,42-43H,10-14H2,2-8H3,(H,34,41);;/t18?,19-,20+,22-,23+,24+,25-,27-,31+,32-,33+;;/m0../s1. The molecule has 0 aromatic carbocycles. The van der Waals surface area contributed by atoms with Crippen LogP contribution in [0.4, 0.5) is 4.79 Å². The zero-order valence-electron chi connectivity index (χ0n) is 29.0. The van der Waals surface area contributed by atoms with Gasteiger partial charge in [0, 0.05) is 126 Å². The Hall–Kier alpha value is -0.177. The number of Topliss-reactive ketones (excluding diaryl/α,β-unsaturated/α-hetero) is 1. The normalized spacial score (nSPS) is 37.1. The molecular weight excluding hydrogens is 1070 g/mol. The number of carbonyl (C=O) groups is 4. The van der Waals surface area contributed by atoms with Crippen LogP contribution in [0.3, 0.4) is 0 Å². The molecule has 0 aromatic rings. The summed E-state index contributed by atoms with van der Waals surface area (Å²) in [5.41, 5.74) is -7.33. The summed E-state index contributed by atoms with van der Waals surface area (Å²) < 4.78 is 22.1. The monoisotopic (exact) mass is 1120 g/mol. The predicted octanol–water partition coefficient (Wildman–Crippen LogP) is -0.0970. The first-order valence-electron chi connectivity index (χ1n) is 15.8. The summed E-state index contributed by atoms with van der Waals surface area (Å²) >= 11 is 0. The Bertz CT molecular complexity index is 1380. The van der Waals surface area contributed by atoms with E-state index >= 15 is 0 Å². The molecule has 14 nitrogen and oxygen atoms in total. The van der Waals surface area contributed by atoms with Gasteiger partial charge in [0.1, 0.15) is 36.1 Å². The molecule has 3 aliphatic carbocycles. The Morgan fingerprint density at radius 2 is 1.73 bits per heavy atom. The summed E-state index contributed by atoms with van der Waals surface area (Å²) in [6.45, 7) is 9.96. The molecule has 1 aliphatic heterocycles. The topological polar surface area (TPSA) is 218 Å². The fourth-order valence-electron chi connectivity index (χ4n) is 8.14. The van der Waals surface area contributed by atoms with Crippen LogP contribution in [0.15, 0.2) is 11.1 Å². The Morgan fingerprint density at radius 3 is 2.24 bits per heavy atom. The summed E-state index contributed by atoms with van der Waals surface area (Å²) in [7, 11) is 0. The van der Waals surface area contributed by atoms with Gasteiger partial charge < -0.3 is 49.8 Å². The largest absolute Gasteiger partial charge is 0.459 e. The van der Waals surface area contributed by atoms with E-state index in [1.54, 1.807) is 13.8 Å². The number of hydrogen-bond acceptors (Lipinski definition) is 13. The van der Waals surface area contributed by atoms with E-state index in [0.717, 1.165) is 6.92 Å². The molecule has 1 saturated heterocycles. The minimum Gasteiger partial charge on any atom is -0.459 e. The smallest absolute Gasteiger partial charge is 0.407 e. The minimum absolute atomic E-state index is 0. The zero-order valence-corrected chi connectivity index (χ0v) is 38.5. The molecule has 1 unspecified atom stereocenters. The number of ketones is 1. The second kappa shape index (κ2) is 16.5. The summed E-state index contributed by atoms with van der Waals surface area (Å²) in [6, 6.07) is -1.17. The number of ether oxygens (including phenoxy) is 4. The van der Waals surface area contributed by atoms with Crippen LogP contribution in [0.25, 0.3) is 0 Å². The van der Waals surface area contributed by atoms with E-state index in [1.165, 1.54) is 27.7 Å². The second-order valence-corrected chi connectivity index (χ2v) is 14.3. The summed E-state index contributed by atoms with van der Waals surface area (Å²) in [6.07, 6.45) is -5.48. The molecule has 2 saturated carbocycles. The number of aliphatic hydroxyl groups excluding tert-OH is 3. The number of fused-ring (bicyclic) bond motifs is 5. The quantitative estimate of drug-likeness (QED) is 0.0617. The molecular formula is C33H47Ac2NO13. The van der Waals surface area contributed by atoms with Crippen molar-refractivity contribution in [2.24, 2.45) is 22.7 Å². The maximum absolute atomic E-state index is 14.3. The molecule has 6 N–H and O–H groups in total. The average Bonchev–Trinajstić information content (AvgIpc) is 2.97. The Morgan fingerprint density at radius 1 is 1.12 bits per heavy atom. The molecule has 49 heavy (non-hydrogen) atoms. The van der Waals surface area contributed by atoms with Crippen molar-refractivity contribution in [1.82, 2.24) is 5.32 Å². The van der Waals surface area contributed by atoms with Gasteiger partial charge in [-0.25, -0.2) is 9.59 Å². The Labute approximate surface area is 357 Å². The van der Waals surface area contributed by atoms with E-state index < -0.39 is 107 Å². The molecule has 2 bridgehead atoms. The minimum atomic E-state index is -2.22. The van der Waals surface area contributed by atoms with Gasteiger partial charge in [-0.3, -0.25) is 9.59 Å². The van der Waals surface area contributed by atoms with E-state index in [-0.39, 0.29) is 125 Å². The van der Waals surface area contributed by atoms with E-state index in [4.69, 9.17) is 25.4 Å². The first kappa shape index (κ1) is 45.0. The molecule has 4 aliphatic rings. The number of amides is 1. The van der Waals surface area contributed by atoms with E-state index in [2.05, 4.69) is 11.2 Å². The van der Waals surface area contributed by atoms with Crippen molar-refractivity contribution < 1.29 is 152 Å².